The molecule has 1 aliphatic rings. The number of nitrogens with zero attached hydrogens (tertiary/aromatic N) is 6. The molecule has 45 heavy (non-hydrogen) atoms. The maximum Gasteiger partial charge on any atom is 0.0788 e. The lowest BCUT2D eigenvalue weighted by atomic mass is 10.0. The third-order valence-corrected chi connectivity index (χ3v) is 9.27. The van der Waals surface area contributed by atoms with Crippen molar-refractivity contribution in [2.24, 2.45) is 4.99 Å². The first kappa shape index (κ1) is 24.4. The van der Waals surface area contributed by atoms with E-state index in [9.17, 15) is 0 Å². The van der Waals surface area contributed by atoms with E-state index in [-0.39, 0.29) is 0 Å². The molecule has 6 nitrogen and oxygen atoms in total. The van der Waals surface area contributed by atoms with Crippen molar-refractivity contribution in [2.45, 2.75) is 6.42 Å². The number of aromatic nitrogens is 5. The molecule has 9 aromatic rings. The van der Waals surface area contributed by atoms with Crippen molar-refractivity contribution in [3.05, 3.63) is 128 Å². The van der Waals surface area contributed by atoms with Crippen LogP contribution >= 0.6 is 0 Å². The molecule has 0 saturated heterocycles. The van der Waals surface area contributed by atoms with Crippen molar-refractivity contribution in [3.8, 4) is 11.4 Å². The van der Waals surface area contributed by atoms with E-state index in [1.807, 2.05) is 43.1 Å². The number of pyridine rings is 2. The maximum absolute atomic E-state index is 4.74. The molecule has 0 unspecified atom stereocenters. The molecule has 10 rings (SSSR count). The first-order valence-corrected chi connectivity index (χ1v) is 15.3. The van der Waals surface area contributed by atoms with Gasteiger partial charge in [-0.1, -0.05) is 60.7 Å². The van der Waals surface area contributed by atoms with Crippen LogP contribution in [0.5, 0.6) is 0 Å². The molecule has 5 aromatic heterocycles. The Hall–Kier alpha value is -6.01. The number of hydrogen-bond acceptors (Lipinski definition) is 3. The third kappa shape index (κ3) is 3.25. The Morgan fingerprint density at radius 3 is 1.40 bits per heavy atom. The van der Waals surface area contributed by atoms with E-state index < -0.39 is 0 Å². The number of hydrogen-bond donors (Lipinski definition) is 0. The smallest absolute Gasteiger partial charge is 0.0788 e. The summed E-state index contributed by atoms with van der Waals surface area (Å²) in [6, 6.07) is 34.8. The van der Waals surface area contributed by atoms with Crippen molar-refractivity contribution in [3.63, 3.8) is 0 Å². The van der Waals surface area contributed by atoms with Gasteiger partial charge in [-0.15, -0.1) is 0 Å². The fraction of sp³-hybridized carbons (Fsp3) is 0.0513. The van der Waals surface area contributed by atoms with Gasteiger partial charge >= 0.3 is 0 Å². The van der Waals surface area contributed by atoms with Gasteiger partial charge in [0, 0.05) is 63.0 Å². The van der Waals surface area contributed by atoms with Crippen LogP contribution in [-0.4, -0.2) is 36.4 Å². The van der Waals surface area contributed by atoms with Crippen molar-refractivity contribution in [1.82, 2.24) is 23.7 Å². The minimum atomic E-state index is 0.639. The lowest BCUT2D eigenvalue weighted by Gasteiger charge is -2.15. The molecule has 0 aliphatic carbocycles. The Labute approximate surface area is 257 Å². The van der Waals surface area contributed by atoms with E-state index >= 15 is 0 Å². The van der Waals surface area contributed by atoms with Gasteiger partial charge in [0.2, 0.25) is 0 Å². The highest BCUT2D eigenvalue weighted by Gasteiger charge is 2.29. The van der Waals surface area contributed by atoms with Crippen LogP contribution < -0.4 is 0 Å². The summed E-state index contributed by atoms with van der Waals surface area (Å²) in [7, 11) is 0. The number of allylic oxidation sites excluding steroid dienone is 1. The molecule has 212 valence electrons. The summed E-state index contributed by atoms with van der Waals surface area (Å²) < 4.78 is 7.30. The van der Waals surface area contributed by atoms with Gasteiger partial charge < -0.3 is 13.7 Å². The normalized spacial score (nSPS) is 13.6. The summed E-state index contributed by atoms with van der Waals surface area (Å²) in [4.78, 5) is 13.9. The summed E-state index contributed by atoms with van der Waals surface area (Å²) in [6.07, 6.45) is 12.8. The molecule has 0 saturated carbocycles. The van der Waals surface area contributed by atoms with Crippen LogP contribution in [0.25, 0.3) is 82.5 Å². The third-order valence-electron chi connectivity index (χ3n) is 9.27. The molecule has 0 radical (unpaired) electrons. The highest BCUT2D eigenvalue weighted by Crippen LogP contribution is 2.50. The molecule has 0 amide bonds. The zero-order valence-corrected chi connectivity index (χ0v) is 24.3. The highest BCUT2D eigenvalue weighted by molar-refractivity contribution is 6.40. The minimum absolute atomic E-state index is 0.639. The largest absolute Gasteiger partial charge is 0.311 e. The highest BCUT2D eigenvalue weighted by atomic mass is 15.1. The maximum atomic E-state index is 4.74. The second-order valence-electron chi connectivity index (χ2n) is 11.6. The van der Waals surface area contributed by atoms with Gasteiger partial charge in [0.25, 0.3) is 0 Å². The first-order chi connectivity index (χ1) is 22.4. The van der Waals surface area contributed by atoms with E-state index in [0.717, 1.165) is 28.8 Å². The van der Waals surface area contributed by atoms with Crippen LogP contribution in [0.2, 0.25) is 0 Å². The van der Waals surface area contributed by atoms with Crippen LogP contribution in [0.4, 0.5) is 0 Å². The lowest BCUT2D eigenvalue weighted by Crippen LogP contribution is -2.04. The molecule has 0 bridgehead atoms. The molecule has 0 fully saturated rings. The van der Waals surface area contributed by atoms with E-state index in [0.29, 0.717) is 6.54 Å². The van der Waals surface area contributed by atoms with Gasteiger partial charge in [-0.05, 0) is 42.5 Å². The fourth-order valence-electron chi connectivity index (χ4n) is 7.60. The quantitative estimate of drug-likeness (QED) is 0.210. The molecular formula is C39H26N6. The molecule has 1 aliphatic heterocycles. The number of para-hydroxylation sites is 3. The summed E-state index contributed by atoms with van der Waals surface area (Å²) in [5.41, 5.74) is 10.3. The Kier molecular flexibility index (Phi) is 5.02. The van der Waals surface area contributed by atoms with Gasteiger partial charge in [0.15, 0.2) is 0 Å². The van der Waals surface area contributed by atoms with Gasteiger partial charge in [0.1, 0.15) is 0 Å². The summed E-state index contributed by atoms with van der Waals surface area (Å²) in [5, 5.41) is 7.33. The molecule has 0 N–H and O–H groups in total. The van der Waals surface area contributed by atoms with E-state index in [2.05, 4.69) is 115 Å². The second-order valence-corrected chi connectivity index (χ2v) is 11.6. The number of rotatable bonds is 3. The van der Waals surface area contributed by atoms with E-state index in [4.69, 9.17) is 4.99 Å². The van der Waals surface area contributed by atoms with Crippen LogP contribution in [0.3, 0.4) is 0 Å². The van der Waals surface area contributed by atoms with E-state index in [1.54, 1.807) is 0 Å². The van der Waals surface area contributed by atoms with Crippen LogP contribution in [0.15, 0.2) is 133 Å². The molecule has 0 atom stereocenters. The van der Waals surface area contributed by atoms with Gasteiger partial charge in [-0.2, -0.15) is 0 Å². The average molecular weight is 579 g/mol. The second kappa shape index (κ2) is 9.24. The lowest BCUT2D eigenvalue weighted by molar-refractivity contribution is 1.08. The number of dihydropyridines is 1. The molecule has 0 spiro atoms. The Bertz CT molecular complexity index is 2620. The predicted molar refractivity (Wildman–Crippen MR) is 186 cm³/mol. The van der Waals surface area contributed by atoms with Crippen molar-refractivity contribution in [2.75, 3.05) is 6.54 Å². The monoisotopic (exact) mass is 578 g/mol. The van der Waals surface area contributed by atoms with E-state index in [1.165, 1.54) is 60.1 Å². The SMILES string of the molecule is C1=NCC(n2c3ccccc3c3c2c2c4ccccc4n(-c4cccnc4)c2c2c4ccccc4n(-c4cccnc4)c32)=CC1. The zero-order valence-electron chi connectivity index (χ0n) is 24.3. The standard InChI is InChI=1S/C39H26N6/c1-4-16-31-28(13-1)34-37(43(31)25-10-7-19-40-22-25)35-30-15-3-6-18-33(30)45(27-12-9-21-42-24-27)39(35)36-29-14-2-5-17-32(29)44(38(34)36)26-11-8-20-41-23-26/h1-8,10-23H,9,24H2. The summed E-state index contributed by atoms with van der Waals surface area (Å²) >= 11 is 0. The van der Waals surface area contributed by atoms with Crippen LogP contribution in [-0.2, 0) is 0 Å². The molecule has 6 heteroatoms. The average Bonchev–Trinajstić information content (AvgIpc) is 3.75. The van der Waals surface area contributed by atoms with Crippen LogP contribution in [0.1, 0.15) is 6.42 Å². The van der Waals surface area contributed by atoms with Gasteiger partial charge in [-0.3, -0.25) is 15.0 Å². The molecule has 4 aromatic carbocycles. The molecular weight excluding hydrogens is 552 g/mol. The summed E-state index contributed by atoms with van der Waals surface area (Å²) in [6.45, 7) is 0.639. The predicted octanol–water partition coefficient (Wildman–Crippen LogP) is 9.09. The summed E-state index contributed by atoms with van der Waals surface area (Å²) in [5.74, 6) is 0. The fourth-order valence-corrected chi connectivity index (χ4v) is 7.60. The van der Waals surface area contributed by atoms with Gasteiger partial charge in [-0.25, -0.2) is 0 Å². The van der Waals surface area contributed by atoms with Crippen molar-refractivity contribution < 1.29 is 0 Å². The zero-order chi connectivity index (χ0) is 29.5. The Morgan fingerprint density at radius 1 is 0.489 bits per heavy atom. The number of fused-ring (bicyclic) bond motifs is 12. The topological polar surface area (TPSA) is 52.9 Å². The van der Waals surface area contributed by atoms with Gasteiger partial charge in [0.05, 0.1) is 63.4 Å². The number of benzene rings is 4. The Morgan fingerprint density at radius 2 is 0.956 bits per heavy atom. The van der Waals surface area contributed by atoms with Crippen molar-refractivity contribution in [1.29, 1.82) is 0 Å². The minimum Gasteiger partial charge on any atom is -0.311 e. The van der Waals surface area contributed by atoms with Crippen LogP contribution in [0, 0.1) is 0 Å². The number of aliphatic imine (C=N–C) groups is 1. The Balaban J connectivity index is 1.61. The molecule has 6 heterocycles. The first-order valence-electron chi connectivity index (χ1n) is 15.3. The van der Waals surface area contributed by atoms with Crippen molar-refractivity contribution >= 4 is 77.3 Å².